The van der Waals surface area contributed by atoms with Crippen molar-refractivity contribution in [3.05, 3.63) is 51.7 Å². The highest BCUT2D eigenvalue weighted by Crippen LogP contribution is 2.34. The zero-order valence-corrected chi connectivity index (χ0v) is 26.3. The summed E-state index contributed by atoms with van der Waals surface area (Å²) in [7, 11) is 0. The first-order chi connectivity index (χ1) is 19.3. The van der Waals surface area contributed by atoms with Crippen LogP contribution in [0.1, 0.15) is 62.1 Å². The molecule has 0 unspecified atom stereocenters. The number of halogens is 1. The van der Waals surface area contributed by atoms with Gasteiger partial charge in [0.15, 0.2) is 5.13 Å². The van der Waals surface area contributed by atoms with Gasteiger partial charge < -0.3 is 26.0 Å². The van der Waals surface area contributed by atoms with E-state index in [1.165, 1.54) is 17.5 Å². The van der Waals surface area contributed by atoms with E-state index in [1.54, 1.807) is 12.1 Å². The summed E-state index contributed by atoms with van der Waals surface area (Å²) in [5.74, 6) is 1.39. The van der Waals surface area contributed by atoms with Gasteiger partial charge in [0.25, 0.3) is 5.91 Å². The molecule has 222 valence electrons. The van der Waals surface area contributed by atoms with E-state index >= 15 is 0 Å². The molecule has 0 saturated heterocycles. The summed E-state index contributed by atoms with van der Waals surface area (Å²) >= 11 is 7.46. The third kappa shape index (κ3) is 9.65. The van der Waals surface area contributed by atoms with Gasteiger partial charge in [0, 0.05) is 25.7 Å². The minimum absolute atomic E-state index is 0.0888. The summed E-state index contributed by atoms with van der Waals surface area (Å²) in [6, 6.07) is 7.26. The molecule has 41 heavy (non-hydrogen) atoms. The minimum atomic E-state index is -0.544. The number of esters is 1. The Bertz CT molecular complexity index is 1340. The molecule has 12 heteroatoms. The second kappa shape index (κ2) is 14.1. The molecule has 0 fully saturated rings. The number of aromatic nitrogens is 3. The largest absolute Gasteiger partial charge is 0.466 e. The van der Waals surface area contributed by atoms with E-state index in [1.807, 2.05) is 46.8 Å². The standard InChI is InChI=1S/C29H40ClN7O3S/c1-8-40-26(39)29(6,7)16-28(4,5)17-31-12-13-32-22-14-23(35-19(3)34-22)36-27-33-15-21(41-27)25(38)37-24-18(2)10-9-11-20(24)30/h9-11,14-15,31H,8,12-13,16-17H2,1-7H3,(H,37,38)(H2,32,33,34,35,36). The number of nitrogens with one attached hydrogen (secondary N) is 4. The first kappa shape index (κ1) is 32.2. The first-order valence-corrected chi connectivity index (χ1v) is 14.8. The molecular formula is C29H40ClN7O3S. The summed E-state index contributed by atoms with van der Waals surface area (Å²) in [5, 5.41) is 13.8. The molecule has 2 aromatic heterocycles. The Morgan fingerprint density at radius 3 is 2.51 bits per heavy atom. The Balaban J connectivity index is 1.51. The number of hydrogen-bond acceptors (Lipinski definition) is 10. The normalized spacial score (nSPS) is 11.7. The van der Waals surface area contributed by atoms with Crippen molar-refractivity contribution in [3.8, 4) is 0 Å². The van der Waals surface area contributed by atoms with Crippen molar-refractivity contribution < 1.29 is 14.3 Å². The van der Waals surface area contributed by atoms with E-state index in [2.05, 4.69) is 50.1 Å². The zero-order valence-electron chi connectivity index (χ0n) is 24.8. The molecular weight excluding hydrogens is 562 g/mol. The van der Waals surface area contributed by atoms with Crippen molar-refractivity contribution in [2.45, 2.75) is 54.9 Å². The fraction of sp³-hybridized carbons (Fsp3) is 0.483. The number of thiazole rings is 1. The Labute approximate surface area is 251 Å². The lowest BCUT2D eigenvalue weighted by Gasteiger charge is -2.33. The molecule has 0 atom stereocenters. The van der Waals surface area contributed by atoms with Crippen LogP contribution in [-0.2, 0) is 9.53 Å². The number of ether oxygens (including phenoxy) is 1. The highest BCUT2D eigenvalue weighted by atomic mass is 35.5. The van der Waals surface area contributed by atoms with E-state index in [0.717, 1.165) is 12.1 Å². The maximum atomic E-state index is 12.8. The molecule has 0 spiro atoms. The lowest BCUT2D eigenvalue weighted by molar-refractivity contribution is -0.155. The third-order valence-electron chi connectivity index (χ3n) is 6.22. The molecule has 0 radical (unpaired) electrons. The molecule has 0 saturated carbocycles. The summed E-state index contributed by atoms with van der Waals surface area (Å²) in [6.45, 7) is 16.2. The van der Waals surface area contributed by atoms with Crippen molar-refractivity contribution in [2.24, 2.45) is 10.8 Å². The van der Waals surface area contributed by atoms with Gasteiger partial charge in [0.2, 0.25) is 0 Å². The van der Waals surface area contributed by atoms with E-state index in [0.29, 0.717) is 64.3 Å². The highest BCUT2D eigenvalue weighted by molar-refractivity contribution is 7.17. The Hall–Kier alpha value is -3.28. The fourth-order valence-electron chi connectivity index (χ4n) is 4.60. The topological polar surface area (TPSA) is 130 Å². The van der Waals surface area contributed by atoms with Crippen LogP contribution in [0.5, 0.6) is 0 Å². The van der Waals surface area contributed by atoms with Crippen molar-refractivity contribution in [3.63, 3.8) is 0 Å². The monoisotopic (exact) mass is 601 g/mol. The number of anilines is 4. The van der Waals surface area contributed by atoms with Crippen LogP contribution in [0, 0.1) is 24.7 Å². The zero-order chi connectivity index (χ0) is 30.2. The van der Waals surface area contributed by atoms with Crippen LogP contribution in [0.4, 0.5) is 22.5 Å². The molecule has 0 aliphatic heterocycles. The van der Waals surface area contributed by atoms with Gasteiger partial charge in [0.05, 0.1) is 28.9 Å². The summed E-state index contributed by atoms with van der Waals surface area (Å²) in [4.78, 5) is 38.7. The van der Waals surface area contributed by atoms with Crippen molar-refractivity contribution in [1.29, 1.82) is 0 Å². The number of aryl methyl sites for hydroxylation is 2. The number of amides is 1. The van der Waals surface area contributed by atoms with E-state index in [4.69, 9.17) is 16.3 Å². The number of carbonyl (C=O) groups is 2. The number of benzene rings is 1. The molecule has 0 aliphatic rings. The number of carbonyl (C=O) groups excluding carboxylic acids is 2. The quantitative estimate of drug-likeness (QED) is 0.126. The van der Waals surface area contributed by atoms with Gasteiger partial charge in [-0.3, -0.25) is 9.59 Å². The Morgan fingerprint density at radius 2 is 1.80 bits per heavy atom. The van der Waals surface area contributed by atoms with Gasteiger partial charge in [0.1, 0.15) is 22.3 Å². The predicted octanol–water partition coefficient (Wildman–Crippen LogP) is 6.21. The molecule has 0 aliphatic carbocycles. The minimum Gasteiger partial charge on any atom is -0.466 e. The molecule has 3 aromatic rings. The Kier molecular flexibility index (Phi) is 11.1. The van der Waals surface area contributed by atoms with Gasteiger partial charge in [-0.1, -0.05) is 48.9 Å². The van der Waals surface area contributed by atoms with E-state index in [-0.39, 0.29) is 17.3 Å². The van der Waals surface area contributed by atoms with Crippen LogP contribution in [0.15, 0.2) is 30.5 Å². The van der Waals surface area contributed by atoms with Crippen molar-refractivity contribution >= 4 is 57.3 Å². The second-order valence-corrected chi connectivity index (χ2v) is 12.7. The van der Waals surface area contributed by atoms with Crippen LogP contribution in [-0.4, -0.2) is 53.1 Å². The first-order valence-electron chi connectivity index (χ1n) is 13.6. The summed E-state index contributed by atoms with van der Waals surface area (Å²) in [6.07, 6.45) is 2.22. The fourth-order valence-corrected chi connectivity index (χ4v) is 5.58. The third-order valence-corrected chi connectivity index (χ3v) is 7.45. The van der Waals surface area contributed by atoms with E-state index < -0.39 is 5.41 Å². The molecule has 10 nitrogen and oxygen atoms in total. The van der Waals surface area contributed by atoms with Gasteiger partial charge >= 0.3 is 5.97 Å². The summed E-state index contributed by atoms with van der Waals surface area (Å²) < 4.78 is 5.23. The average Bonchev–Trinajstić information content (AvgIpc) is 3.33. The number of hydrogen-bond donors (Lipinski definition) is 4. The maximum absolute atomic E-state index is 12.8. The van der Waals surface area contributed by atoms with Crippen LogP contribution >= 0.6 is 22.9 Å². The number of rotatable bonds is 14. The van der Waals surface area contributed by atoms with Crippen LogP contribution in [0.3, 0.4) is 0 Å². The molecule has 0 bridgehead atoms. The molecule has 1 aromatic carbocycles. The van der Waals surface area contributed by atoms with Gasteiger partial charge in [-0.2, -0.15) is 0 Å². The molecule has 3 rings (SSSR count). The van der Waals surface area contributed by atoms with Crippen LogP contribution in [0.2, 0.25) is 5.02 Å². The smallest absolute Gasteiger partial charge is 0.311 e. The van der Waals surface area contributed by atoms with E-state index in [9.17, 15) is 9.59 Å². The summed E-state index contributed by atoms with van der Waals surface area (Å²) in [5.41, 5.74) is 0.830. The molecule has 1 amide bonds. The predicted molar refractivity (Wildman–Crippen MR) is 166 cm³/mol. The number of nitrogens with zero attached hydrogens (tertiary/aromatic N) is 3. The lowest BCUT2D eigenvalue weighted by Crippen LogP contribution is -2.38. The average molecular weight is 602 g/mol. The van der Waals surface area contributed by atoms with Gasteiger partial charge in [-0.15, -0.1) is 0 Å². The van der Waals surface area contributed by atoms with Crippen molar-refractivity contribution in [1.82, 2.24) is 20.3 Å². The second-order valence-electron chi connectivity index (χ2n) is 11.3. The molecule has 4 N–H and O–H groups in total. The highest BCUT2D eigenvalue weighted by Gasteiger charge is 2.35. The molecule has 2 heterocycles. The lowest BCUT2D eigenvalue weighted by atomic mass is 9.75. The van der Waals surface area contributed by atoms with Crippen molar-refractivity contribution in [2.75, 3.05) is 42.2 Å². The van der Waals surface area contributed by atoms with Gasteiger partial charge in [-0.05, 0) is 58.1 Å². The van der Waals surface area contributed by atoms with Gasteiger partial charge in [-0.25, -0.2) is 15.0 Å². The van der Waals surface area contributed by atoms with Crippen LogP contribution < -0.4 is 21.3 Å². The SMILES string of the molecule is CCOC(=O)C(C)(C)CC(C)(C)CNCCNc1cc(Nc2ncc(C(=O)Nc3c(C)cccc3Cl)s2)nc(C)n1. The Morgan fingerprint density at radius 1 is 1.07 bits per heavy atom. The number of para-hydroxylation sites is 1. The maximum Gasteiger partial charge on any atom is 0.311 e. The van der Waals surface area contributed by atoms with Crippen LogP contribution in [0.25, 0.3) is 0 Å².